The highest BCUT2D eigenvalue weighted by molar-refractivity contribution is 6.05. The Morgan fingerprint density at radius 3 is 2.77 bits per heavy atom. The Kier molecular flexibility index (Phi) is 5.81. The molecule has 39 heavy (non-hydrogen) atoms. The number of benzene rings is 1. The second-order valence-corrected chi connectivity index (χ2v) is 9.63. The summed E-state index contributed by atoms with van der Waals surface area (Å²) >= 11 is 0. The van der Waals surface area contributed by atoms with Crippen LogP contribution in [-0.2, 0) is 19.6 Å². The van der Waals surface area contributed by atoms with Crippen molar-refractivity contribution in [1.29, 1.82) is 0 Å². The maximum atomic E-state index is 13.0. The van der Waals surface area contributed by atoms with Gasteiger partial charge in [0, 0.05) is 36.0 Å². The van der Waals surface area contributed by atoms with E-state index in [1.165, 1.54) is 5.69 Å². The van der Waals surface area contributed by atoms with Crippen LogP contribution in [0.25, 0.3) is 0 Å². The molecule has 1 amide bonds. The van der Waals surface area contributed by atoms with Crippen molar-refractivity contribution in [2.24, 2.45) is 22.9 Å². The number of nitrogens with zero attached hydrogens (tertiary/aromatic N) is 6. The summed E-state index contributed by atoms with van der Waals surface area (Å²) in [4.78, 5) is 25.9. The third kappa shape index (κ3) is 4.27. The van der Waals surface area contributed by atoms with Crippen LogP contribution in [0.1, 0.15) is 51.5 Å². The number of hydrogen-bond acceptors (Lipinski definition) is 6. The zero-order valence-corrected chi connectivity index (χ0v) is 20.9. The van der Waals surface area contributed by atoms with Gasteiger partial charge in [-0.1, -0.05) is 0 Å². The molecule has 9 nitrogen and oxygen atoms in total. The number of carbonyl (C=O) groups excluding carboxylic acids is 1. The molecule has 2 atom stereocenters. The van der Waals surface area contributed by atoms with E-state index in [1.54, 1.807) is 42.9 Å². The summed E-state index contributed by atoms with van der Waals surface area (Å²) < 4.78 is 40.8. The second kappa shape index (κ2) is 9.10. The highest BCUT2D eigenvalue weighted by atomic mass is 19.4. The molecule has 0 fully saturated rings. The molecule has 2 aliphatic heterocycles. The summed E-state index contributed by atoms with van der Waals surface area (Å²) in [6, 6.07) is 8.22. The van der Waals surface area contributed by atoms with Gasteiger partial charge in [0.05, 0.1) is 29.7 Å². The van der Waals surface area contributed by atoms with Crippen LogP contribution >= 0.6 is 0 Å². The number of fused-ring (bicyclic) bond motifs is 2. The van der Waals surface area contributed by atoms with Gasteiger partial charge >= 0.3 is 6.18 Å². The molecule has 0 saturated heterocycles. The molecule has 3 N–H and O–H groups in total. The normalized spacial score (nSPS) is 22.0. The Bertz CT molecular complexity index is 1600. The van der Waals surface area contributed by atoms with Crippen molar-refractivity contribution in [2.45, 2.75) is 31.4 Å². The molecule has 6 rings (SSSR count). The van der Waals surface area contributed by atoms with Crippen LogP contribution < -0.4 is 11.2 Å². The number of halogens is 3. The smallest absolute Gasteiger partial charge is 0.307 e. The Labute approximate surface area is 221 Å². The van der Waals surface area contributed by atoms with Crippen molar-refractivity contribution in [2.75, 3.05) is 5.32 Å². The standard InChI is InChI=1S/C27H23F3N8O/c1-37-21-4-2-3-19(20(21)14-34-37)24-22-15-32-11-12-38(22,31)25(36-24)16-5-7-17(8-6-16)26(39)35-23-13-18(9-10-33-23)27(28,29)30/h5-15,19H,2-4,31H2,1H3/p+1/t19-,38?/m1/s1. The highest BCUT2D eigenvalue weighted by Crippen LogP contribution is 2.43. The van der Waals surface area contributed by atoms with Crippen LogP contribution in [0.4, 0.5) is 19.0 Å². The summed E-state index contributed by atoms with van der Waals surface area (Å²) in [5.41, 5.74) is 3.98. The molecule has 3 aliphatic rings. The molecule has 2 aromatic heterocycles. The number of quaternary nitrogens is 1. The average molecular weight is 534 g/mol. The predicted octanol–water partition coefficient (Wildman–Crippen LogP) is 4.42. The fourth-order valence-electron chi connectivity index (χ4n) is 5.29. The summed E-state index contributed by atoms with van der Waals surface area (Å²) in [6.45, 7) is 0. The number of alkyl halides is 3. The molecule has 1 aromatic carbocycles. The lowest BCUT2D eigenvalue weighted by Crippen LogP contribution is -2.53. The summed E-state index contributed by atoms with van der Waals surface area (Å²) in [7, 11) is 1.94. The van der Waals surface area contributed by atoms with E-state index in [1.807, 2.05) is 17.9 Å². The van der Waals surface area contributed by atoms with E-state index in [0.717, 1.165) is 54.5 Å². The number of pyridine rings is 1. The maximum Gasteiger partial charge on any atom is 0.416 e. The number of rotatable bonds is 4. The lowest BCUT2D eigenvalue weighted by molar-refractivity contribution is -0.750. The molecular weight excluding hydrogens is 509 g/mol. The minimum absolute atomic E-state index is 0.0268. The van der Waals surface area contributed by atoms with E-state index in [-0.39, 0.29) is 21.9 Å². The monoisotopic (exact) mass is 533 g/mol. The minimum atomic E-state index is -4.54. The fraction of sp³-hybridized carbons (Fsp3) is 0.222. The van der Waals surface area contributed by atoms with E-state index in [4.69, 9.17) is 10.8 Å². The van der Waals surface area contributed by atoms with Gasteiger partial charge in [-0.2, -0.15) is 29.1 Å². The molecule has 4 heterocycles. The number of nitrogens with two attached hydrogens (primary N) is 1. The van der Waals surface area contributed by atoms with Crippen molar-refractivity contribution < 1.29 is 22.6 Å². The number of aliphatic imine (C=N–C) groups is 2. The van der Waals surface area contributed by atoms with E-state index in [2.05, 4.69) is 20.4 Å². The van der Waals surface area contributed by atoms with Crippen molar-refractivity contribution in [3.63, 3.8) is 0 Å². The van der Waals surface area contributed by atoms with Crippen LogP contribution in [0, 0.1) is 0 Å². The van der Waals surface area contributed by atoms with Gasteiger partial charge in [-0.05, 0) is 55.7 Å². The largest absolute Gasteiger partial charge is 0.416 e. The number of aromatic nitrogens is 3. The van der Waals surface area contributed by atoms with Gasteiger partial charge in [0.25, 0.3) is 11.7 Å². The van der Waals surface area contributed by atoms with Gasteiger partial charge in [0.2, 0.25) is 5.70 Å². The first-order valence-electron chi connectivity index (χ1n) is 12.3. The van der Waals surface area contributed by atoms with E-state index < -0.39 is 17.6 Å². The topological polar surface area (TPSA) is 111 Å². The van der Waals surface area contributed by atoms with E-state index in [9.17, 15) is 18.0 Å². The van der Waals surface area contributed by atoms with Crippen LogP contribution in [0.2, 0.25) is 0 Å². The van der Waals surface area contributed by atoms with Crippen molar-refractivity contribution >= 4 is 23.8 Å². The van der Waals surface area contributed by atoms with Crippen LogP contribution in [0.5, 0.6) is 0 Å². The number of aryl methyl sites for hydroxylation is 1. The number of hydrogen-bond donors (Lipinski definition) is 2. The Hall–Kier alpha value is -4.42. The third-order valence-electron chi connectivity index (χ3n) is 7.26. The van der Waals surface area contributed by atoms with E-state index in [0.29, 0.717) is 11.4 Å². The number of carbonyl (C=O) groups is 1. The third-order valence-corrected chi connectivity index (χ3v) is 7.26. The molecule has 3 aromatic rings. The van der Waals surface area contributed by atoms with Gasteiger partial charge in [0.1, 0.15) is 17.7 Å². The number of anilines is 1. The van der Waals surface area contributed by atoms with Gasteiger partial charge in [-0.3, -0.25) is 14.5 Å². The van der Waals surface area contributed by atoms with Gasteiger partial charge in [0.15, 0.2) is 0 Å². The molecule has 12 heteroatoms. The van der Waals surface area contributed by atoms with E-state index >= 15 is 0 Å². The number of nitrogens with one attached hydrogen (secondary N) is 1. The quantitative estimate of drug-likeness (QED) is 0.382. The van der Waals surface area contributed by atoms with Crippen molar-refractivity contribution in [3.05, 3.63) is 101 Å². The molecule has 1 aliphatic carbocycles. The molecule has 1 unspecified atom stereocenters. The summed E-state index contributed by atoms with van der Waals surface area (Å²) in [5, 5.41) is 6.88. The van der Waals surface area contributed by atoms with Gasteiger partial charge in [-0.25, -0.2) is 4.98 Å². The Balaban J connectivity index is 1.29. The summed E-state index contributed by atoms with van der Waals surface area (Å²) in [6.07, 6.45) is 6.35. The second-order valence-electron chi connectivity index (χ2n) is 9.63. The van der Waals surface area contributed by atoms with Gasteiger partial charge < -0.3 is 5.32 Å². The van der Waals surface area contributed by atoms with Crippen molar-refractivity contribution in [1.82, 2.24) is 14.8 Å². The Morgan fingerprint density at radius 2 is 2.00 bits per heavy atom. The summed E-state index contributed by atoms with van der Waals surface area (Å²) in [5.74, 6) is 6.70. The lowest BCUT2D eigenvalue weighted by atomic mass is 9.84. The van der Waals surface area contributed by atoms with Crippen LogP contribution in [0.3, 0.4) is 0 Å². The molecule has 0 radical (unpaired) electrons. The molecule has 198 valence electrons. The predicted molar refractivity (Wildman–Crippen MR) is 138 cm³/mol. The fourth-order valence-corrected chi connectivity index (χ4v) is 5.29. The molecule has 0 saturated carbocycles. The zero-order valence-electron chi connectivity index (χ0n) is 20.9. The van der Waals surface area contributed by atoms with Crippen molar-refractivity contribution in [3.8, 4) is 0 Å². The highest BCUT2D eigenvalue weighted by Gasteiger charge is 2.46. The number of allylic oxidation sites excluding steroid dienone is 2. The first-order chi connectivity index (χ1) is 18.6. The average Bonchev–Trinajstić information content (AvgIpc) is 3.45. The van der Waals surface area contributed by atoms with Crippen LogP contribution in [-0.4, -0.2) is 37.3 Å². The SMILES string of the molecule is Cn1ncc2c1CCC[C@H]2C1=C2C=NC=C[N+]2(N)C(c2ccc(C(=O)Nc3cc(C(F)(F)F)ccn3)cc2)=N1. The molecule has 0 spiro atoms. The molecule has 0 bridgehead atoms. The minimum Gasteiger partial charge on any atom is -0.307 e. The Morgan fingerprint density at radius 1 is 1.21 bits per heavy atom. The number of amidine groups is 1. The van der Waals surface area contributed by atoms with Crippen LogP contribution in [0.15, 0.2) is 82.6 Å². The number of amides is 1. The van der Waals surface area contributed by atoms with Gasteiger partial charge in [-0.15, -0.1) is 4.59 Å². The first kappa shape index (κ1) is 24.9. The molecular formula is C27H24F3N8O+. The maximum absolute atomic E-state index is 13.0. The lowest BCUT2D eigenvalue weighted by Gasteiger charge is -2.27. The first-order valence-corrected chi connectivity index (χ1v) is 12.3. The zero-order chi connectivity index (χ0) is 27.4.